The van der Waals surface area contributed by atoms with Crippen LogP contribution in [-0.2, 0) is 10.0 Å². The van der Waals surface area contributed by atoms with E-state index in [9.17, 15) is 13.2 Å². The van der Waals surface area contributed by atoms with Crippen molar-refractivity contribution in [1.82, 2.24) is 13.6 Å². The van der Waals surface area contributed by atoms with E-state index in [0.29, 0.717) is 5.52 Å². The summed E-state index contributed by atoms with van der Waals surface area (Å²) < 4.78 is 37.6. The van der Waals surface area contributed by atoms with Crippen LogP contribution >= 0.6 is 23.3 Å². The summed E-state index contributed by atoms with van der Waals surface area (Å²) in [7, 11) is -2.41. The Balaban J connectivity index is 1.54. The molecule has 1 heterocycles. The number of anilines is 1. The Labute approximate surface area is 223 Å². The van der Waals surface area contributed by atoms with Crippen LogP contribution in [0.15, 0.2) is 102 Å². The molecule has 0 bridgehead atoms. The van der Waals surface area contributed by atoms with Gasteiger partial charge in [-0.2, -0.15) is 8.75 Å². The minimum absolute atomic E-state index is 0.0306. The highest BCUT2D eigenvalue weighted by atomic mass is 35.5. The van der Waals surface area contributed by atoms with Crippen LogP contribution in [0.1, 0.15) is 27.5 Å². The van der Waals surface area contributed by atoms with Crippen LogP contribution in [0.4, 0.5) is 5.69 Å². The monoisotopic (exact) mass is 548 g/mol. The lowest BCUT2D eigenvalue weighted by atomic mass is 9.96. The highest BCUT2D eigenvalue weighted by molar-refractivity contribution is 7.93. The summed E-state index contributed by atoms with van der Waals surface area (Å²) in [4.78, 5) is 15.4. The maximum absolute atomic E-state index is 13.9. The van der Waals surface area contributed by atoms with Gasteiger partial charge in [0.15, 0.2) is 0 Å². The summed E-state index contributed by atoms with van der Waals surface area (Å²) in [6.45, 7) is 0. The van der Waals surface area contributed by atoms with Crippen molar-refractivity contribution in [3.63, 3.8) is 0 Å². The van der Waals surface area contributed by atoms with Gasteiger partial charge >= 0.3 is 0 Å². The molecule has 0 unspecified atom stereocenters. The molecule has 0 radical (unpaired) electrons. The van der Waals surface area contributed by atoms with Crippen LogP contribution < -0.4 is 4.72 Å². The first-order chi connectivity index (χ1) is 17.8. The molecule has 0 fully saturated rings. The van der Waals surface area contributed by atoms with Crippen molar-refractivity contribution in [2.75, 3.05) is 11.8 Å². The number of rotatable bonds is 7. The standard InChI is InChI=1S/C27H21ClN4O3S2/c1-32(26(18-9-4-2-5-10-18)19-11-6-3-7-12-19)27(33)21-16-15-20(28)17-23(21)31-37(34,35)24-14-8-13-22-25(24)30-36-29-22/h2-17,26,31H,1H3. The molecule has 5 rings (SSSR count). The Morgan fingerprint density at radius 1 is 0.892 bits per heavy atom. The average Bonchev–Trinajstić information content (AvgIpc) is 3.39. The van der Waals surface area contributed by atoms with Gasteiger partial charge in [-0.25, -0.2) is 8.42 Å². The molecule has 7 nitrogen and oxygen atoms in total. The van der Waals surface area contributed by atoms with Crippen LogP contribution in [0, 0.1) is 0 Å². The number of halogens is 1. The molecule has 1 aromatic heterocycles. The third kappa shape index (κ3) is 5.06. The SMILES string of the molecule is CN(C(=O)c1ccc(Cl)cc1NS(=O)(=O)c1cccc2nsnc12)C(c1ccccc1)c1ccccc1. The third-order valence-corrected chi connectivity index (χ3v) is 8.11. The molecule has 0 aliphatic rings. The second-order valence-electron chi connectivity index (χ2n) is 8.32. The van der Waals surface area contributed by atoms with Crippen molar-refractivity contribution >= 4 is 56.0 Å². The summed E-state index contributed by atoms with van der Waals surface area (Å²) in [6.07, 6.45) is 0. The van der Waals surface area contributed by atoms with Gasteiger partial charge in [0.25, 0.3) is 15.9 Å². The predicted octanol–water partition coefficient (Wildman–Crippen LogP) is 6.01. The fraction of sp³-hybridized carbons (Fsp3) is 0.0741. The molecule has 0 atom stereocenters. The van der Waals surface area contributed by atoms with E-state index in [1.165, 1.54) is 18.2 Å². The van der Waals surface area contributed by atoms with E-state index >= 15 is 0 Å². The minimum atomic E-state index is -4.11. The number of carbonyl (C=O) groups is 1. The highest BCUT2D eigenvalue weighted by Crippen LogP contribution is 2.32. The lowest BCUT2D eigenvalue weighted by Gasteiger charge is -2.30. The molecule has 0 saturated heterocycles. The average molecular weight is 549 g/mol. The topological polar surface area (TPSA) is 92.3 Å². The molecule has 1 amide bonds. The fourth-order valence-corrected chi connectivity index (χ4v) is 6.21. The zero-order valence-electron chi connectivity index (χ0n) is 19.6. The van der Waals surface area contributed by atoms with Crippen LogP contribution in [0.25, 0.3) is 11.0 Å². The first-order valence-electron chi connectivity index (χ1n) is 11.3. The maximum atomic E-state index is 13.9. The Kier molecular flexibility index (Phi) is 6.92. The molecule has 37 heavy (non-hydrogen) atoms. The number of nitrogens with zero attached hydrogens (tertiary/aromatic N) is 3. The fourth-order valence-electron chi connectivity index (χ4n) is 4.20. The normalized spacial score (nSPS) is 11.5. The lowest BCUT2D eigenvalue weighted by molar-refractivity contribution is 0.0756. The van der Waals surface area contributed by atoms with Crippen LogP contribution in [0.5, 0.6) is 0 Å². The van der Waals surface area contributed by atoms with Crippen molar-refractivity contribution in [1.29, 1.82) is 0 Å². The molecular formula is C27H21ClN4O3S2. The summed E-state index contributed by atoms with van der Waals surface area (Å²) >= 11 is 7.16. The van der Waals surface area contributed by atoms with Crippen LogP contribution in [0.2, 0.25) is 5.02 Å². The Morgan fingerprint density at radius 2 is 1.54 bits per heavy atom. The third-order valence-electron chi connectivity index (χ3n) is 5.93. The van der Waals surface area contributed by atoms with Crippen molar-refractivity contribution in [2.45, 2.75) is 10.9 Å². The van der Waals surface area contributed by atoms with Crippen LogP contribution in [-0.4, -0.2) is 35.0 Å². The molecule has 186 valence electrons. The zero-order valence-corrected chi connectivity index (χ0v) is 22.0. The Hall–Kier alpha value is -3.79. The molecule has 0 spiro atoms. The summed E-state index contributed by atoms with van der Waals surface area (Å²) in [5.41, 5.74) is 2.82. The first-order valence-corrected chi connectivity index (χ1v) is 13.8. The molecule has 4 aromatic carbocycles. The first kappa shape index (κ1) is 24.9. The molecule has 0 aliphatic heterocycles. The van der Waals surface area contributed by atoms with E-state index < -0.39 is 16.1 Å². The number of nitrogens with one attached hydrogen (secondary N) is 1. The second kappa shape index (κ2) is 10.3. The number of benzene rings is 4. The van der Waals surface area contributed by atoms with Gasteiger partial charge in [0.2, 0.25) is 0 Å². The van der Waals surface area contributed by atoms with E-state index in [-0.39, 0.29) is 32.6 Å². The van der Waals surface area contributed by atoms with Gasteiger partial charge in [-0.05, 0) is 41.5 Å². The van der Waals surface area contributed by atoms with Gasteiger partial charge in [0.1, 0.15) is 15.9 Å². The minimum Gasteiger partial charge on any atom is -0.330 e. The lowest BCUT2D eigenvalue weighted by Crippen LogP contribution is -2.32. The number of carbonyl (C=O) groups excluding carboxylic acids is 1. The maximum Gasteiger partial charge on any atom is 0.264 e. The summed E-state index contributed by atoms with van der Waals surface area (Å²) in [6, 6.07) is 28.2. The van der Waals surface area contributed by atoms with E-state index in [1.54, 1.807) is 30.1 Å². The quantitative estimate of drug-likeness (QED) is 0.269. The molecule has 0 aliphatic carbocycles. The number of fused-ring (bicyclic) bond motifs is 1. The molecule has 10 heteroatoms. The van der Waals surface area contributed by atoms with Gasteiger partial charge in [-0.3, -0.25) is 9.52 Å². The van der Waals surface area contributed by atoms with Crippen molar-refractivity contribution < 1.29 is 13.2 Å². The van der Waals surface area contributed by atoms with Gasteiger partial charge < -0.3 is 4.90 Å². The van der Waals surface area contributed by atoms with E-state index in [2.05, 4.69) is 13.5 Å². The van der Waals surface area contributed by atoms with E-state index in [0.717, 1.165) is 22.9 Å². The predicted molar refractivity (Wildman–Crippen MR) is 146 cm³/mol. The largest absolute Gasteiger partial charge is 0.330 e. The molecule has 5 aromatic rings. The molecule has 1 N–H and O–H groups in total. The van der Waals surface area contributed by atoms with Gasteiger partial charge in [-0.15, -0.1) is 0 Å². The number of hydrogen-bond donors (Lipinski definition) is 1. The van der Waals surface area contributed by atoms with Gasteiger partial charge in [0.05, 0.1) is 29.0 Å². The smallest absolute Gasteiger partial charge is 0.264 e. The Bertz CT molecular complexity index is 1640. The number of aromatic nitrogens is 2. The van der Waals surface area contributed by atoms with Crippen molar-refractivity contribution in [3.05, 3.63) is 119 Å². The summed E-state index contributed by atoms with van der Waals surface area (Å²) in [5.74, 6) is -0.374. The zero-order chi connectivity index (χ0) is 26.0. The van der Waals surface area contributed by atoms with Gasteiger partial charge in [0, 0.05) is 12.1 Å². The van der Waals surface area contributed by atoms with Crippen molar-refractivity contribution in [3.8, 4) is 0 Å². The number of hydrogen-bond acceptors (Lipinski definition) is 6. The second-order valence-corrected chi connectivity index (χ2v) is 10.9. The van der Waals surface area contributed by atoms with Crippen molar-refractivity contribution in [2.24, 2.45) is 0 Å². The Morgan fingerprint density at radius 3 is 2.19 bits per heavy atom. The number of sulfonamides is 1. The highest BCUT2D eigenvalue weighted by Gasteiger charge is 2.28. The van der Waals surface area contributed by atoms with Gasteiger partial charge in [-0.1, -0.05) is 78.3 Å². The van der Waals surface area contributed by atoms with E-state index in [4.69, 9.17) is 11.6 Å². The summed E-state index contributed by atoms with van der Waals surface area (Å²) in [5, 5.41) is 0.285. The van der Waals surface area contributed by atoms with Crippen LogP contribution in [0.3, 0.4) is 0 Å². The number of amides is 1. The molecule has 0 saturated carbocycles. The molecular weight excluding hydrogens is 528 g/mol. The van der Waals surface area contributed by atoms with E-state index in [1.807, 2.05) is 60.7 Å².